The molecule has 1 heterocycles. The molecule has 1 unspecified atom stereocenters. The van der Waals surface area contributed by atoms with Gasteiger partial charge in [-0.05, 0) is 29.2 Å². The predicted molar refractivity (Wildman–Crippen MR) is 61.2 cm³/mol. The highest BCUT2D eigenvalue weighted by atomic mass is 35.5. The highest BCUT2D eigenvalue weighted by molar-refractivity contribution is 6.22. The molecular formula is C13H10ClN. The normalized spacial score (nSPS) is 18.1. The van der Waals surface area contributed by atoms with Crippen LogP contribution in [0.15, 0.2) is 42.6 Å². The van der Waals surface area contributed by atoms with E-state index in [1.54, 1.807) is 0 Å². The van der Waals surface area contributed by atoms with Crippen molar-refractivity contribution in [1.82, 2.24) is 4.98 Å². The molecule has 74 valence electrons. The first-order valence-electron chi connectivity index (χ1n) is 5.02. The van der Waals surface area contributed by atoms with Crippen LogP contribution in [0.1, 0.15) is 27.8 Å². The first-order valence-corrected chi connectivity index (χ1v) is 5.45. The van der Waals surface area contributed by atoms with E-state index in [9.17, 15) is 0 Å². The molecule has 1 aromatic carbocycles. The molecule has 0 saturated carbocycles. The lowest BCUT2D eigenvalue weighted by molar-refractivity contribution is 0.918. The zero-order valence-corrected chi connectivity index (χ0v) is 8.91. The standard InChI is InChI=1S/C13H10ClN/c14-12-11-6-2-1-4-9(11)8-10-5-3-7-15-13(10)12/h1-7,12H,8H2. The Morgan fingerprint density at radius 1 is 1.07 bits per heavy atom. The lowest BCUT2D eigenvalue weighted by Crippen LogP contribution is -2.11. The molecule has 0 spiro atoms. The lowest BCUT2D eigenvalue weighted by Gasteiger charge is -2.22. The van der Waals surface area contributed by atoms with Gasteiger partial charge in [0.05, 0.1) is 5.69 Å². The summed E-state index contributed by atoms with van der Waals surface area (Å²) >= 11 is 6.42. The lowest BCUT2D eigenvalue weighted by atomic mass is 9.89. The molecule has 3 rings (SSSR count). The number of hydrogen-bond donors (Lipinski definition) is 0. The van der Waals surface area contributed by atoms with Gasteiger partial charge in [-0.15, -0.1) is 11.6 Å². The maximum Gasteiger partial charge on any atom is 0.101 e. The topological polar surface area (TPSA) is 12.9 Å². The van der Waals surface area contributed by atoms with Gasteiger partial charge in [-0.25, -0.2) is 0 Å². The van der Waals surface area contributed by atoms with Gasteiger partial charge < -0.3 is 0 Å². The number of pyridine rings is 1. The Balaban J connectivity index is 2.20. The van der Waals surface area contributed by atoms with Gasteiger partial charge in [0.25, 0.3) is 0 Å². The van der Waals surface area contributed by atoms with Crippen LogP contribution in [-0.2, 0) is 6.42 Å². The molecule has 0 radical (unpaired) electrons. The van der Waals surface area contributed by atoms with Crippen molar-refractivity contribution < 1.29 is 0 Å². The summed E-state index contributed by atoms with van der Waals surface area (Å²) in [6, 6.07) is 12.4. The first kappa shape index (κ1) is 8.93. The third-order valence-electron chi connectivity index (χ3n) is 2.88. The van der Waals surface area contributed by atoms with Gasteiger partial charge in [0, 0.05) is 6.20 Å². The number of aromatic nitrogens is 1. The molecule has 0 aliphatic heterocycles. The fourth-order valence-electron chi connectivity index (χ4n) is 2.12. The summed E-state index contributed by atoms with van der Waals surface area (Å²) in [5, 5.41) is -0.0915. The third-order valence-corrected chi connectivity index (χ3v) is 3.32. The Morgan fingerprint density at radius 2 is 1.87 bits per heavy atom. The van der Waals surface area contributed by atoms with Crippen LogP contribution in [0.3, 0.4) is 0 Å². The molecule has 1 aromatic heterocycles. The Labute approximate surface area is 93.7 Å². The van der Waals surface area contributed by atoms with E-state index in [0.29, 0.717) is 0 Å². The van der Waals surface area contributed by atoms with E-state index in [0.717, 1.165) is 12.1 Å². The predicted octanol–water partition coefficient (Wildman–Crippen LogP) is 3.31. The van der Waals surface area contributed by atoms with Crippen molar-refractivity contribution in [2.45, 2.75) is 11.8 Å². The van der Waals surface area contributed by atoms with Crippen molar-refractivity contribution in [3.8, 4) is 0 Å². The summed E-state index contributed by atoms with van der Waals surface area (Å²) < 4.78 is 0. The SMILES string of the molecule is ClC1c2ccccc2Cc2cccnc21. The van der Waals surface area contributed by atoms with Crippen LogP contribution in [0.25, 0.3) is 0 Å². The summed E-state index contributed by atoms with van der Waals surface area (Å²) in [7, 11) is 0. The highest BCUT2D eigenvalue weighted by Crippen LogP contribution is 2.37. The monoisotopic (exact) mass is 215 g/mol. The van der Waals surface area contributed by atoms with Gasteiger partial charge in [-0.1, -0.05) is 30.3 Å². The summed E-state index contributed by atoms with van der Waals surface area (Å²) in [4.78, 5) is 4.37. The minimum atomic E-state index is -0.0915. The molecule has 0 saturated heterocycles. The Morgan fingerprint density at radius 3 is 2.80 bits per heavy atom. The number of hydrogen-bond acceptors (Lipinski definition) is 1. The van der Waals surface area contributed by atoms with E-state index >= 15 is 0 Å². The van der Waals surface area contributed by atoms with Gasteiger partial charge in [-0.2, -0.15) is 0 Å². The number of rotatable bonds is 0. The largest absolute Gasteiger partial charge is 0.259 e. The molecule has 1 nitrogen and oxygen atoms in total. The number of halogens is 1. The second-order valence-electron chi connectivity index (χ2n) is 3.79. The molecule has 2 aromatic rings. The van der Waals surface area contributed by atoms with Gasteiger partial charge in [0.2, 0.25) is 0 Å². The minimum Gasteiger partial charge on any atom is -0.259 e. The summed E-state index contributed by atoms with van der Waals surface area (Å²) in [5.41, 5.74) is 4.78. The zero-order valence-electron chi connectivity index (χ0n) is 8.15. The Hall–Kier alpha value is -1.34. The second kappa shape index (κ2) is 3.35. The van der Waals surface area contributed by atoms with Crippen molar-refractivity contribution in [2.75, 3.05) is 0 Å². The maximum absolute atomic E-state index is 6.42. The Kier molecular flexibility index (Phi) is 2.00. The first-order chi connectivity index (χ1) is 7.36. The number of nitrogens with zero attached hydrogens (tertiary/aromatic N) is 1. The second-order valence-corrected chi connectivity index (χ2v) is 4.22. The van der Waals surface area contributed by atoms with Crippen LogP contribution in [0.5, 0.6) is 0 Å². The molecular weight excluding hydrogens is 206 g/mol. The summed E-state index contributed by atoms with van der Waals surface area (Å²) in [6.07, 6.45) is 2.75. The molecule has 1 atom stereocenters. The number of fused-ring (bicyclic) bond motifs is 2. The zero-order chi connectivity index (χ0) is 10.3. The molecule has 0 amide bonds. The molecule has 0 bridgehead atoms. The average Bonchev–Trinajstić information content (AvgIpc) is 2.30. The molecule has 15 heavy (non-hydrogen) atoms. The summed E-state index contributed by atoms with van der Waals surface area (Å²) in [5.74, 6) is 0. The third kappa shape index (κ3) is 1.35. The summed E-state index contributed by atoms with van der Waals surface area (Å²) in [6.45, 7) is 0. The van der Waals surface area contributed by atoms with Crippen molar-refractivity contribution >= 4 is 11.6 Å². The van der Waals surface area contributed by atoms with Crippen molar-refractivity contribution in [1.29, 1.82) is 0 Å². The van der Waals surface area contributed by atoms with Crippen LogP contribution < -0.4 is 0 Å². The number of benzene rings is 1. The van der Waals surface area contributed by atoms with Crippen molar-refractivity contribution in [2.24, 2.45) is 0 Å². The van der Waals surface area contributed by atoms with Crippen LogP contribution >= 0.6 is 11.6 Å². The molecule has 1 aliphatic carbocycles. The molecule has 2 heteroatoms. The fraction of sp³-hybridized carbons (Fsp3) is 0.154. The molecule has 0 N–H and O–H groups in total. The fourth-order valence-corrected chi connectivity index (χ4v) is 2.53. The Bertz CT molecular complexity index is 462. The average molecular weight is 216 g/mol. The smallest absolute Gasteiger partial charge is 0.101 e. The quantitative estimate of drug-likeness (QED) is 0.615. The maximum atomic E-state index is 6.42. The van der Waals surface area contributed by atoms with Crippen LogP contribution in [0.2, 0.25) is 0 Å². The van der Waals surface area contributed by atoms with Crippen LogP contribution in [0.4, 0.5) is 0 Å². The molecule has 0 fully saturated rings. The van der Waals surface area contributed by atoms with E-state index in [4.69, 9.17) is 11.6 Å². The van der Waals surface area contributed by atoms with Gasteiger partial charge in [-0.3, -0.25) is 4.98 Å². The van der Waals surface area contributed by atoms with Crippen molar-refractivity contribution in [3.63, 3.8) is 0 Å². The van der Waals surface area contributed by atoms with E-state index in [-0.39, 0.29) is 5.38 Å². The van der Waals surface area contributed by atoms with E-state index < -0.39 is 0 Å². The highest BCUT2D eigenvalue weighted by Gasteiger charge is 2.23. The van der Waals surface area contributed by atoms with Gasteiger partial charge in [0.1, 0.15) is 5.38 Å². The van der Waals surface area contributed by atoms with E-state index in [2.05, 4.69) is 29.2 Å². The number of alkyl halides is 1. The van der Waals surface area contributed by atoms with Crippen molar-refractivity contribution in [3.05, 3.63) is 65.0 Å². The van der Waals surface area contributed by atoms with Gasteiger partial charge >= 0.3 is 0 Å². The van der Waals surface area contributed by atoms with Crippen LogP contribution in [0, 0.1) is 0 Å². The minimum absolute atomic E-state index is 0.0915. The van der Waals surface area contributed by atoms with Crippen LogP contribution in [-0.4, -0.2) is 4.98 Å². The van der Waals surface area contributed by atoms with Gasteiger partial charge in [0.15, 0.2) is 0 Å². The van der Waals surface area contributed by atoms with E-state index in [1.165, 1.54) is 16.7 Å². The molecule has 1 aliphatic rings. The van der Waals surface area contributed by atoms with E-state index in [1.807, 2.05) is 18.3 Å².